The summed E-state index contributed by atoms with van der Waals surface area (Å²) in [6.07, 6.45) is 1.54. The number of nitrogens with two attached hydrogens (primary N) is 1. The van der Waals surface area contributed by atoms with Crippen molar-refractivity contribution in [1.82, 2.24) is 10.2 Å². The van der Waals surface area contributed by atoms with Gasteiger partial charge in [0.05, 0.1) is 11.1 Å². The SMILES string of the molecule is NCc1cc([N+](=O)[O-])c2[nH]ncc2c1. The van der Waals surface area contributed by atoms with Crippen LogP contribution in [-0.4, -0.2) is 15.1 Å². The largest absolute Gasteiger partial charge is 0.326 e. The minimum Gasteiger partial charge on any atom is -0.326 e. The van der Waals surface area contributed by atoms with Gasteiger partial charge in [0.1, 0.15) is 5.52 Å². The van der Waals surface area contributed by atoms with Crippen LogP contribution in [0.25, 0.3) is 10.9 Å². The molecule has 0 fully saturated rings. The highest BCUT2D eigenvalue weighted by molar-refractivity contribution is 5.87. The van der Waals surface area contributed by atoms with Crippen LogP contribution in [0.3, 0.4) is 0 Å². The Morgan fingerprint density at radius 1 is 1.57 bits per heavy atom. The molecule has 2 aromatic rings. The van der Waals surface area contributed by atoms with Crippen LogP contribution < -0.4 is 5.73 Å². The van der Waals surface area contributed by atoms with Crippen LogP contribution in [0.15, 0.2) is 18.3 Å². The number of nitrogens with one attached hydrogen (secondary N) is 1. The predicted molar refractivity (Wildman–Crippen MR) is 50.6 cm³/mol. The molecule has 2 rings (SSSR count). The van der Waals surface area contributed by atoms with E-state index in [4.69, 9.17) is 5.73 Å². The Labute approximate surface area is 78.9 Å². The highest BCUT2D eigenvalue weighted by atomic mass is 16.6. The van der Waals surface area contributed by atoms with Crippen LogP contribution in [0.2, 0.25) is 0 Å². The Balaban J connectivity index is 2.76. The summed E-state index contributed by atoms with van der Waals surface area (Å²) in [6, 6.07) is 3.24. The van der Waals surface area contributed by atoms with E-state index in [9.17, 15) is 10.1 Å². The Hall–Kier alpha value is -1.95. The number of hydrogen-bond donors (Lipinski definition) is 2. The molecule has 0 aliphatic carbocycles. The van der Waals surface area contributed by atoms with E-state index in [1.807, 2.05) is 0 Å². The van der Waals surface area contributed by atoms with Crippen molar-refractivity contribution in [2.24, 2.45) is 5.73 Å². The number of hydrogen-bond acceptors (Lipinski definition) is 4. The minimum absolute atomic E-state index is 0.0143. The highest BCUT2D eigenvalue weighted by Crippen LogP contribution is 2.24. The first-order chi connectivity index (χ1) is 6.72. The maximum Gasteiger partial charge on any atom is 0.295 e. The lowest BCUT2D eigenvalue weighted by Gasteiger charge is -1.97. The maximum absolute atomic E-state index is 10.7. The van der Waals surface area contributed by atoms with Crippen molar-refractivity contribution in [2.75, 3.05) is 0 Å². The molecule has 0 amide bonds. The van der Waals surface area contributed by atoms with Gasteiger partial charge >= 0.3 is 0 Å². The Kier molecular flexibility index (Phi) is 1.90. The number of benzene rings is 1. The van der Waals surface area contributed by atoms with Crippen molar-refractivity contribution >= 4 is 16.6 Å². The monoisotopic (exact) mass is 192 g/mol. The third-order valence-electron chi connectivity index (χ3n) is 2.02. The molecule has 14 heavy (non-hydrogen) atoms. The average molecular weight is 192 g/mol. The molecule has 72 valence electrons. The summed E-state index contributed by atoms with van der Waals surface area (Å²) < 4.78 is 0. The van der Waals surface area contributed by atoms with Gasteiger partial charge in [0.25, 0.3) is 5.69 Å². The molecule has 3 N–H and O–H groups in total. The van der Waals surface area contributed by atoms with Gasteiger partial charge in [0.15, 0.2) is 0 Å². The lowest BCUT2D eigenvalue weighted by atomic mass is 10.1. The molecule has 0 saturated carbocycles. The van der Waals surface area contributed by atoms with Crippen LogP contribution >= 0.6 is 0 Å². The van der Waals surface area contributed by atoms with Crippen LogP contribution in [0.1, 0.15) is 5.56 Å². The number of nitrogens with zero attached hydrogens (tertiary/aromatic N) is 2. The first-order valence-electron chi connectivity index (χ1n) is 4.03. The van der Waals surface area contributed by atoms with Crippen molar-refractivity contribution in [3.05, 3.63) is 34.0 Å². The van der Waals surface area contributed by atoms with Crippen molar-refractivity contribution in [2.45, 2.75) is 6.54 Å². The summed E-state index contributed by atoms with van der Waals surface area (Å²) in [5.41, 5.74) is 6.60. The quantitative estimate of drug-likeness (QED) is 0.546. The van der Waals surface area contributed by atoms with E-state index in [0.29, 0.717) is 10.9 Å². The number of non-ortho nitro benzene ring substituents is 1. The van der Waals surface area contributed by atoms with Crippen molar-refractivity contribution in [1.29, 1.82) is 0 Å². The number of H-pyrrole nitrogens is 1. The van der Waals surface area contributed by atoms with Gasteiger partial charge in [0, 0.05) is 18.0 Å². The number of rotatable bonds is 2. The van der Waals surface area contributed by atoms with Crippen LogP contribution in [0.5, 0.6) is 0 Å². The molecule has 6 nitrogen and oxygen atoms in total. The number of nitro groups is 1. The lowest BCUT2D eigenvalue weighted by molar-refractivity contribution is -0.383. The first-order valence-corrected chi connectivity index (χ1v) is 4.03. The average Bonchev–Trinajstić information content (AvgIpc) is 2.63. The summed E-state index contributed by atoms with van der Waals surface area (Å²) in [7, 11) is 0. The summed E-state index contributed by atoms with van der Waals surface area (Å²) in [5, 5.41) is 17.7. The smallest absolute Gasteiger partial charge is 0.295 e. The molecule has 1 aromatic heterocycles. The van der Waals surface area contributed by atoms with Crippen molar-refractivity contribution in [3.8, 4) is 0 Å². The molecular formula is C8H8N4O2. The summed E-state index contributed by atoms with van der Waals surface area (Å²) in [4.78, 5) is 10.3. The fourth-order valence-electron chi connectivity index (χ4n) is 1.36. The zero-order chi connectivity index (χ0) is 10.1. The number of fused-ring (bicyclic) bond motifs is 1. The third kappa shape index (κ3) is 1.21. The molecule has 0 aliphatic rings. The van der Waals surface area contributed by atoms with Gasteiger partial charge in [-0.1, -0.05) is 0 Å². The fraction of sp³-hybridized carbons (Fsp3) is 0.125. The Morgan fingerprint density at radius 2 is 2.36 bits per heavy atom. The molecule has 0 atom stereocenters. The van der Waals surface area contributed by atoms with Gasteiger partial charge in [-0.05, 0) is 11.6 Å². The van der Waals surface area contributed by atoms with Crippen LogP contribution in [0.4, 0.5) is 5.69 Å². The van der Waals surface area contributed by atoms with E-state index >= 15 is 0 Å². The van der Waals surface area contributed by atoms with E-state index in [1.165, 1.54) is 6.07 Å². The van der Waals surface area contributed by atoms with Crippen molar-refractivity contribution in [3.63, 3.8) is 0 Å². The van der Waals surface area contributed by atoms with E-state index in [-0.39, 0.29) is 12.2 Å². The fourth-order valence-corrected chi connectivity index (χ4v) is 1.36. The van der Waals surface area contributed by atoms with Gasteiger partial charge in [-0.2, -0.15) is 5.10 Å². The second kappa shape index (κ2) is 3.08. The van der Waals surface area contributed by atoms with Crippen LogP contribution in [0, 0.1) is 10.1 Å². The van der Waals surface area contributed by atoms with E-state index in [0.717, 1.165) is 5.56 Å². The van der Waals surface area contributed by atoms with Gasteiger partial charge in [-0.15, -0.1) is 0 Å². The third-order valence-corrected chi connectivity index (χ3v) is 2.02. The lowest BCUT2D eigenvalue weighted by Crippen LogP contribution is -1.98. The highest BCUT2D eigenvalue weighted by Gasteiger charge is 2.14. The Morgan fingerprint density at radius 3 is 3.00 bits per heavy atom. The molecular weight excluding hydrogens is 184 g/mol. The first kappa shape index (κ1) is 8.64. The topological polar surface area (TPSA) is 97.8 Å². The normalized spacial score (nSPS) is 10.6. The molecule has 0 radical (unpaired) electrons. The van der Waals surface area contributed by atoms with Crippen LogP contribution in [-0.2, 0) is 6.54 Å². The summed E-state index contributed by atoms with van der Waals surface area (Å²) in [6.45, 7) is 0.280. The van der Waals surface area contributed by atoms with E-state index in [1.54, 1.807) is 12.3 Å². The second-order valence-corrected chi connectivity index (χ2v) is 2.91. The zero-order valence-corrected chi connectivity index (χ0v) is 7.23. The van der Waals surface area contributed by atoms with Gasteiger partial charge < -0.3 is 5.73 Å². The predicted octanol–water partition coefficient (Wildman–Crippen LogP) is 0.930. The zero-order valence-electron chi connectivity index (χ0n) is 7.23. The molecule has 0 unspecified atom stereocenters. The molecule has 0 spiro atoms. The second-order valence-electron chi connectivity index (χ2n) is 2.91. The molecule has 1 heterocycles. The molecule has 0 aliphatic heterocycles. The minimum atomic E-state index is -0.445. The summed E-state index contributed by atoms with van der Waals surface area (Å²) in [5.74, 6) is 0. The molecule has 0 saturated heterocycles. The Bertz CT molecular complexity index is 491. The van der Waals surface area contributed by atoms with Gasteiger partial charge in [-0.3, -0.25) is 15.2 Å². The van der Waals surface area contributed by atoms with Gasteiger partial charge in [0.2, 0.25) is 0 Å². The van der Waals surface area contributed by atoms with Crippen molar-refractivity contribution < 1.29 is 4.92 Å². The van der Waals surface area contributed by atoms with E-state index < -0.39 is 4.92 Å². The standard InChI is InChI=1S/C8H8N4O2/c9-3-5-1-6-4-10-11-8(6)7(2-5)12(13)14/h1-2,4H,3,9H2,(H,10,11). The number of aromatic amines is 1. The van der Waals surface area contributed by atoms with E-state index in [2.05, 4.69) is 10.2 Å². The number of aromatic nitrogens is 2. The summed E-state index contributed by atoms with van der Waals surface area (Å²) >= 11 is 0. The maximum atomic E-state index is 10.7. The molecule has 0 bridgehead atoms. The van der Waals surface area contributed by atoms with Gasteiger partial charge in [-0.25, -0.2) is 0 Å². The number of nitro benzene ring substituents is 1. The molecule has 1 aromatic carbocycles. The molecule has 6 heteroatoms.